The van der Waals surface area contributed by atoms with Gasteiger partial charge in [0.2, 0.25) is 0 Å². The summed E-state index contributed by atoms with van der Waals surface area (Å²) in [5, 5.41) is 0. The Morgan fingerprint density at radius 2 is 1.90 bits per heavy atom. The van der Waals surface area contributed by atoms with Crippen molar-refractivity contribution < 1.29 is 0 Å². The molecule has 0 radical (unpaired) electrons. The van der Waals surface area contributed by atoms with Gasteiger partial charge in [-0.05, 0) is 75.2 Å². The molecule has 116 valence electrons. The molecule has 0 aromatic rings. The molecule has 0 heterocycles. The molecule has 3 aliphatic rings. The molecule has 0 aliphatic heterocycles. The van der Waals surface area contributed by atoms with Gasteiger partial charge in [-0.25, -0.2) is 0 Å². The maximum absolute atomic E-state index is 6.26. The number of fused-ring (bicyclic) bond motifs is 2. The van der Waals surface area contributed by atoms with Crippen molar-refractivity contribution >= 4 is 0 Å². The summed E-state index contributed by atoms with van der Waals surface area (Å²) in [6.07, 6.45) is 10.0. The van der Waals surface area contributed by atoms with Gasteiger partial charge >= 0.3 is 0 Å². The Hall–Kier alpha value is -0.0800. The second kappa shape index (κ2) is 5.61. The van der Waals surface area contributed by atoms with Crippen LogP contribution in [0.4, 0.5) is 0 Å². The number of hydrogen-bond donors (Lipinski definition) is 1. The Labute approximate surface area is 125 Å². The first-order valence-electron chi connectivity index (χ1n) is 8.95. The van der Waals surface area contributed by atoms with Gasteiger partial charge in [-0.1, -0.05) is 20.3 Å². The standard InChI is InChI=1S/C18H34N2/c1-13-6-7-18(12-19,10-14(13)2)20(3)11-17-9-15-4-5-16(17)8-15/h13-17H,4-12,19H2,1-3H3. The summed E-state index contributed by atoms with van der Waals surface area (Å²) in [6, 6.07) is 0. The molecule has 3 saturated carbocycles. The van der Waals surface area contributed by atoms with E-state index in [1.807, 2.05) is 0 Å². The number of nitrogens with two attached hydrogens (primary N) is 1. The van der Waals surface area contributed by atoms with E-state index in [1.165, 1.54) is 51.5 Å². The molecule has 20 heavy (non-hydrogen) atoms. The van der Waals surface area contributed by atoms with E-state index in [0.717, 1.165) is 36.1 Å². The number of nitrogens with zero attached hydrogens (tertiary/aromatic N) is 1. The zero-order chi connectivity index (χ0) is 14.3. The summed E-state index contributed by atoms with van der Waals surface area (Å²) in [6.45, 7) is 7.00. The van der Waals surface area contributed by atoms with Crippen molar-refractivity contribution in [1.82, 2.24) is 4.90 Å². The second-order valence-electron chi connectivity index (χ2n) is 8.44. The first kappa shape index (κ1) is 14.8. The molecule has 3 rings (SSSR count). The third-order valence-corrected chi connectivity index (χ3v) is 7.32. The van der Waals surface area contributed by atoms with E-state index in [2.05, 4.69) is 25.8 Å². The highest BCUT2D eigenvalue weighted by Gasteiger charge is 2.44. The molecule has 6 unspecified atom stereocenters. The highest BCUT2D eigenvalue weighted by Crippen LogP contribution is 2.49. The summed E-state index contributed by atoms with van der Waals surface area (Å²) in [4.78, 5) is 2.68. The van der Waals surface area contributed by atoms with E-state index in [-0.39, 0.29) is 0 Å². The van der Waals surface area contributed by atoms with Crippen molar-refractivity contribution in [3.05, 3.63) is 0 Å². The van der Waals surface area contributed by atoms with Crippen LogP contribution in [-0.4, -0.2) is 30.6 Å². The molecular formula is C18H34N2. The van der Waals surface area contributed by atoms with E-state index < -0.39 is 0 Å². The Morgan fingerprint density at radius 1 is 1.10 bits per heavy atom. The monoisotopic (exact) mass is 278 g/mol. The van der Waals surface area contributed by atoms with Crippen LogP contribution in [0.5, 0.6) is 0 Å². The Morgan fingerprint density at radius 3 is 2.45 bits per heavy atom. The maximum atomic E-state index is 6.26. The van der Waals surface area contributed by atoms with Crippen LogP contribution in [-0.2, 0) is 0 Å². The highest BCUT2D eigenvalue weighted by molar-refractivity contribution is 4.99. The van der Waals surface area contributed by atoms with E-state index >= 15 is 0 Å². The van der Waals surface area contributed by atoms with Crippen LogP contribution in [0, 0.1) is 29.6 Å². The predicted molar refractivity (Wildman–Crippen MR) is 85.5 cm³/mol. The van der Waals surface area contributed by atoms with Gasteiger partial charge in [0.05, 0.1) is 0 Å². The van der Waals surface area contributed by atoms with Crippen LogP contribution in [0.3, 0.4) is 0 Å². The van der Waals surface area contributed by atoms with Crippen LogP contribution in [0.15, 0.2) is 0 Å². The highest BCUT2D eigenvalue weighted by atomic mass is 15.2. The van der Waals surface area contributed by atoms with Crippen molar-refractivity contribution in [1.29, 1.82) is 0 Å². The Bertz CT molecular complexity index is 342. The SMILES string of the molecule is CC1CCC(CN)(N(C)CC2CC3CCC2C3)CC1C. The summed E-state index contributed by atoms with van der Waals surface area (Å²) < 4.78 is 0. The van der Waals surface area contributed by atoms with Crippen LogP contribution in [0.25, 0.3) is 0 Å². The lowest BCUT2D eigenvalue weighted by Crippen LogP contribution is -2.56. The summed E-state index contributed by atoms with van der Waals surface area (Å²) in [5.74, 6) is 4.78. The molecule has 3 fully saturated rings. The van der Waals surface area contributed by atoms with E-state index in [9.17, 15) is 0 Å². The van der Waals surface area contributed by atoms with Gasteiger partial charge < -0.3 is 5.73 Å². The molecule has 2 bridgehead atoms. The Kier molecular flexibility index (Phi) is 4.16. The van der Waals surface area contributed by atoms with Crippen molar-refractivity contribution in [3.63, 3.8) is 0 Å². The van der Waals surface area contributed by atoms with Crippen molar-refractivity contribution in [2.24, 2.45) is 35.3 Å². The minimum Gasteiger partial charge on any atom is -0.329 e. The van der Waals surface area contributed by atoms with Crippen molar-refractivity contribution in [2.45, 2.75) is 64.3 Å². The molecule has 0 saturated heterocycles. The molecule has 2 nitrogen and oxygen atoms in total. The van der Waals surface area contributed by atoms with Crippen LogP contribution >= 0.6 is 0 Å². The van der Waals surface area contributed by atoms with E-state index in [4.69, 9.17) is 5.73 Å². The van der Waals surface area contributed by atoms with Gasteiger partial charge in [0.15, 0.2) is 0 Å². The van der Waals surface area contributed by atoms with Gasteiger partial charge in [-0.2, -0.15) is 0 Å². The van der Waals surface area contributed by atoms with Crippen molar-refractivity contribution in [2.75, 3.05) is 20.1 Å². The van der Waals surface area contributed by atoms with Crippen LogP contribution < -0.4 is 5.73 Å². The molecule has 0 spiro atoms. The minimum atomic E-state index is 0.299. The van der Waals surface area contributed by atoms with Gasteiger partial charge in [-0.3, -0.25) is 4.90 Å². The molecular weight excluding hydrogens is 244 g/mol. The normalized spacial score (nSPS) is 48.1. The Balaban J connectivity index is 1.63. The summed E-state index contributed by atoms with van der Waals surface area (Å²) in [5.41, 5.74) is 6.55. The fourth-order valence-electron chi connectivity index (χ4n) is 5.52. The topological polar surface area (TPSA) is 29.3 Å². The number of rotatable bonds is 4. The zero-order valence-electron chi connectivity index (χ0n) is 13.8. The van der Waals surface area contributed by atoms with Crippen LogP contribution in [0.2, 0.25) is 0 Å². The summed E-state index contributed by atoms with van der Waals surface area (Å²) in [7, 11) is 2.36. The smallest absolute Gasteiger partial charge is 0.0331 e. The van der Waals surface area contributed by atoms with E-state index in [1.54, 1.807) is 0 Å². The third-order valence-electron chi connectivity index (χ3n) is 7.32. The lowest BCUT2D eigenvalue weighted by atomic mass is 9.70. The average molecular weight is 278 g/mol. The zero-order valence-corrected chi connectivity index (χ0v) is 13.8. The first-order valence-corrected chi connectivity index (χ1v) is 8.95. The predicted octanol–water partition coefficient (Wildman–Crippen LogP) is 3.51. The van der Waals surface area contributed by atoms with E-state index in [0.29, 0.717) is 5.54 Å². The lowest BCUT2D eigenvalue weighted by molar-refractivity contribution is 0.0238. The minimum absolute atomic E-state index is 0.299. The largest absolute Gasteiger partial charge is 0.329 e. The van der Waals surface area contributed by atoms with Crippen LogP contribution in [0.1, 0.15) is 58.8 Å². The first-order chi connectivity index (χ1) is 9.54. The average Bonchev–Trinajstić information content (AvgIpc) is 3.04. The summed E-state index contributed by atoms with van der Waals surface area (Å²) >= 11 is 0. The number of likely N-dealkylation sites (N-methyl/N-ethyl adjacent to an activating group) is 1. The second-order valence-corrected chi connectivity index (χ2v) is 8.44. The molecule has 3 aliphatic carbocycles. The molecule has 0 aromatic carbocycles. The molecule has 2 heteroatoms. The van der Waals surface area contributed by atoms with Gasteiger partial charge in [-0.15, -0.1) is 0 Å². The maximum Gasteiger partial charge on any atom is 0.0331 e. The third kappa shape index (κ3) is 2.54. The molecule has 0 aromatic heterocycles. The fraction of sp³-hybridized carbons (Fsp3) is 1.00. The van der Waals surface area contributed by atoms with Gasteiger partial charge in [0.25, 0.3) is 0 Å². The molecule has 0 amide bonds. The van der Waals surface area contributed by atoms with Gasteiger partial charge in [0.1, 0.15) is 0 Å². The molecule has 6 atom stereocenters. The van der Waals surface area contributed by atoms with Gasteiger partial charge in [0, 0.05) is 18.6 Å². The fourth-order valence-corrected chi connectivity index (χ4v) is 5.52. The van der Waals surface area contributed by atoms with Crippen molar-refractivity contribution in [3.8, 4) is 0 Å². The quantitative estimate of drug-likeness (QED) is 0.852. The molecule has 2 N–H and O–H groups in total. The number of hydrogen-bond acceptors (Lipinski definition) is 2. The lowest BCUT2D eigenvalue weighted by Gasteiger charge is -2.49.